The van der Waals surface area contributed by atoms with Gasteiger partial charge in [-0.25, -0.2) is 4.79 Å². The van der Waals surface area contributed by atoms with Crippen LogP contribution >= 0.6 is 0 Å². The second-order valence-electron chi connectivity index (χ2n) is 4.31. The lowest BCUT2D eigenvalue weighted by atomic mass is 9.94. The molecule has 0 aromatic carbocycles. The zero-order chi connectivity index (χ0) is 9.90. The first-order valence-corrected chi connectivity index (χ1v) is 5.06. The molecule has 1 fully saturated rings. The highest BCUT2D eigenvalue weighted by atomic mass is 16.7. The van der Waals surface area contributed by atoms with Crippen LogP contribution in [0.4, 0.5) is 0 Å². The van der Waals surface area contributed by atoms with Gasteiger partial charge >= 0.3 is 5.97 Å². The fraction of sp³-hybridized carbons (Fsp3) is 0.900. The van der Waals surface area contributed by atoms with E-state index in [4.69, 9.17) is 4.84 Å². The van der Waals surface area contributed by atoms with Crippen LogP contribution in [0.5, 0.6) is 0 Å². The maximum atomic E-state index is 10.9. The predicted molar refractivity (Wildman–Crippen MR) is 50.7 cm³/mol. The van der Waals surface area contributed by atoms with Crippen molar-refractivity contribution >= 4 is 5.97 Å². The number of quaternary nitrogens is 1. The molecular formula is C10H20NO2+. The Balaban J connectivity index is 2.50. The molecule has 0 spiro atoms. The summed E-state index contributed by atoms with van der Waals surface area (Å²) in [5.41, 5.74) is 0. The fourth-order valence-corrected chi connectivity index (χ4v) is 2.11. The minimum absolute atomic E-state index is 0.185. The summed E-state index contributed by atoms with van der Waals surface area (Å²) in [6.45, 7) is 1.48. The minimum Gasteiger partial charge on any atom is -0.277 e. The quantitative estimate of drug-likeness (QED) is 0.486. The largest absolute Gasteiger partial charge is 0.363 e. The molecule has 1 aliphatic carbocycles. The van der Waals surface area contributed by atoms with Crippen LogP contribution in [-0.4, -0.2) is 30.8 Å². The van der Waals surface area contributed by atoms with Crippen molar-refractivity contribution in [2.45, 2.75) is 45.1 Å². The third-order valence-corrected chi connectivity index (χ3v) is 2.82. The van der Waals surface area contributed by atoms with Crippen LogP contribution in [-0.2, 0) is 9.63 Å². The van der Waals surface area contributed by atoms with E-state index in [0.29, 0.717) is 10.7 Å². The molecule has 0 radical (unpaired) electrons. The van der Waals surface area contributed by atoms with Crippen LogP contribution in [0.2, 0.25) is 0 Å². The Bertz CT molecular complexity index is 183. The van der Waals surface area contributed by atoms with E-state index in [0.717, 1.165) is 0 Å². The third kappa shape index (κ3) is 2.99. The molecule has 1 saturated carbocycles. The molecular weight excluding hydrogens is 166 g/mol. The van der Waals surface area contributed by atoms with Crippen molar-refractivity contribution in [3.05, 3.63) is 0 Å². The molecule has 0 unspecified atom stereocenters. The van der Waals surface area contributed by atoms with Crippen LogP contribution in [0, 0.1) is 0 Å². The number of rotatable bonds is 2. The summed E-state index contributed by atoms with van der Waals surface area (Å²) in [6, 6.07) is 0.498. The molecule has 0 N–H and O–H groups in total. The maximum Gasteiger partial charge on any atom is 0.363 e. The van der Waals surface area contributed by atoms with Crippen molar-refractivity contribution < 1.29 is 14.3 Å². The number of carbonyl (C=O) groups excluding carboxylic acids is 1. The Labute approximate surface area is 80.2 Å². The zero-order valence-electron chi connectivity index (χ0n) is 8.88. The number of hydrogen-bond donors (Lipinski definition) is 0. The van der Waals surface area contributed by atoms with E-state index in [9.17, 15) is 4.79 Å². The number of hydrogen-bond acceptors (Lipinski definition) is 2. The van der Waals surface area contributed by atoms with E-state index in [2.05, 4.69) is 0 Å². The normalized spacial score (nSPS) is 19.9. The van der Waals surface area contributed by atoms with Crippen molar-refractivity contribution in [1.82, 2.24) is 0 Å². The van der Waals surface area contributed by atoms with Gasteiger partial charge in [0.1, 0.15) is 20.1 Å². The molecule has 0 bridgehead atoms. The number of hydroxylamine groups is 3. The lowest BCUT2D eigenvalue weighted by Gasteiger charge is -2.35. The van der Waals surface area contributed by atoms with Crippen molar-refractivity contribution in [2.75, 3.05) is 14.1 Å². The molecule has 0 aliphatic heterocycles. The maximum absolute atomic E-state index is 10.9. The molecule has 0 atom stereocenters. The van der Waals surface area contributed by atoms with Crippen LogP contribution in [0.15, 0.2) is 0 Å². The first-order chi connectivity index (χ1) is 6.02. The summed E-state index contributed by atoms with van der Waals surface area (Å²) in [4.78, 5) is 16.1. The van der Waals surface area contributed by atoms with E-state index in [-0.39, 0.29) is 5.97 Å². The van der Waals surface area contributed by atoms with Gasteiger partial charge in [0.2, 0.25) is 0 Å². The standard InChI is InChI=1S/C10H20NO2/c1-9(12)13-11(2,3)10-7-5-4-6-8-10/h10H,4-8H2,1-3H3/q+1. The van der Waals surface area contributed by atoms with E-state index in [1.807, 2.05) is 14.1 Å². The lowest BCUT2D eigenvalue weighted by Crippen LogP contribution is -2.50. The average molecular weight is 186 g/mol. The van der Waals surface area contributed by atoms with Crippen LogP contribution in [0.3, 0.4) is 0 Å². The Kier molecular flexibility index (Phi) is 3.31. The minimum atomic E-state index is -0.185. The second-order valence-corrected chi connectivity index (χ2v) is 4.31. The van der Waals surface area contributed by atoms with E-state index in [1.54, 1.807) is 0 Å². The van der Waals surface area contributed by atoms with E-state index in [1.165, 1.54) is 39.0 Å². The molecule has 0 aromatic rings. The highest BCUT2D eigenvalue weighted by molar-refractivity contribution is 5.65. The molecule has 3 heteroatoms. The average Bonchev–Trinajstić information content (AvgIpc) is 2.04. The SMILES string of the molecule is CC(=O)O[N+](C)(C)C1CCCCC1. The van der Waals surface area contributed by atoms with Gasteiger partial charge in [0, 0.05) is 19.8 Å². The van der Waals surface area contributed by atoms with Crippen LogP contribution in [0.1, 0.15) is 39.0 Å². The van der Waals surface area contributed by atoms with E-state index < -0.39 is 0 Å². The van der Waals surface area contributed by atoms with Gasteiger partial charge in [-0.3, -0.25) is 4.84 Å². The van der Waals surface area contributed by atoms with Crippen molar-refractivity contribution in [3.63, 3.8) is 0 Å². The summed E-state index contributed by atoms with van der Waals surface area (Å²) in [7, 11) is 3.94. The molecule has 0 aromatic heterocycles. The van der Waals surface area contributed by atoms with Crippen molar-refractivity contribution in [2.24, 2.45) is 0 Å². The molecule has 1 aliphatic rings. The van der Waals surface area contributed by atoms with Gasteiger partial charge < -0.3 is 0 Å². The lowest BCUT2D eigenvalue weighted by molar-refractivity contribution is -1.08. The summed E-state index contributed by atoms with van der Waals surface area (Å²) in [6.07, 6.45) is 6.23. The summed E-state index contributed by atoms with van der Waals surface area (Å²) in [5.74, 6) is -0.185. The van der Waals surface area contributed by atoms with Gasteiger partial charge in [-0.2, -0.15) is 0 Å². The molecule has 1 rings (SSSR count). The van der Waals surface area contributed by atoms with Crippen molar-refractivity contribution in [3.8, 4) is 0 Å². The molecule has 76 valence electrons. The fourth-order valence-electron chi connectivity index (χ4n) is 2.11. The molecule has 0 amide bonds. The highest BCUT2D eigenvalue weighted by Crippen LogP contribution is 2.25. The third-order valence-electron chi connectivity index (χ3n) is 2.82. The van der Waals surface area contributed by atoms with Gasteiger partial charge in [0.15, 0.2) is 0 Å². The molecule has 13 heavy (non-hydrogen) atoms. The summed E-state index contributed by atoms with van der Waals surface area (Å²) < 4.78 is 0.398. The van der Waals surface area contributed by atoms with Gasteiger partial charge in [0.05, 0.1) is 0 Å². The predicted octanol–water partition coefficient (Wildman–Crippen LogP) is 1.87. The molecule has 0 saturated heterocycles. The summed E-state index contributed by atoms with van der Waals surface area (Å²) in [5, 5.41) is 0. The number of nitrogens with zero attached hydrogens (tertiary/aromatic N) is 1. The Hall–Kier alpha value is -0.570. The zero-order valence-corrected chi connectivity index (χ0v) is 8.88. The number of carbonyl (C=O) groups is 1. The highest BCUT2D eigenvalue weighted by Gasteiger charge is 2.33. The van der Waals surface area contributed by atoms with Gasteiger partial charge in [-0.15, -0.1) is 4.65 Å². The van der Waals surface area contributed by atoms with Crippen LogP contribution in [0.25, 0.3) is 0 Å². The van der Waals surface area contributed by atoms with Gasteiger partial charge in [0.25, 0.3) is 0 Å². The Morgan fingerprint density at radius 1 is 1.23 bits per heavy atom. The van der Waals surface area contributed by atoms with E-state index >= 15 is 0 Å². The van der Waals surface area contributed by atoms with Gasteiger partial charge in [-0.1, -0.05) is 6.42 Å². The Morgan fingerprint density at radius 3 is 2.23 bits per heavy atom. The monoisotopic (exact) mass is 186 g/mol. The first-order valence-electron chi connectivity index (χ1n) is 5.06. The molecule has 0 heterocycles. The second kappa shape index (κ2) is 4.09. The van der Waals surface area contributed by atoms with Crippen molar-refractivity contribution in [1.29, 1.82) is 0 Å². The summed E-state index contributed by atoms with van der Waals surface area (Å²) >= 11 is 0. The van der Waals surface area contributed by atoms with Crippen LogP contribution < -0.4 is 0 Å². The molecule has 3 nitrogen and oxygen atoms in total. The Morgan fingerprint density at radius 2 is 1.77 bits per heavy atom. The van der Waals surface area contributed by atoms with Gasteiger partial charge in [-0.05, 0) is 12.8 Å². The topological polar surface area (TPSA) is 26.3 Å². The first kappa shape index (κ1) is 10.5. The smallest absolute Gasteiger partial charge is 0.277 e.